The van der Waals surface area contributed by atoms with E-state index in [0.29, 0.717) is 59.9 Å². The van der Waals surface area contributed by atoms with Crippen LogP contribution in [-0.2, 0) is 19.6 Å². The molecule has 5 amide bonds. The lowest BCUT2D eigenvalue weighted by Gasteiger charge is -2.28. The van der Waals surface area contributed by atoms with E-state index in [4.69, 9.17) is 5.73 Å². The Bertz CT molecular complexity index is 2460. The summed E-state index contributed by atoms with van der Waals surface area (Å²) in [6, 6.07) is 12.2. The first-order chi connectivity index (χ1) is 27.7. The van der Waals surface area contributed by atoms with Crippen molar-refractivity contribution in [2.24, 2.45) is 5.73 Å². The molecule has 302 valence electrons. The monoisotopic (exact) mass is 875 g/mol. The average Bonchev–Trinajstić information content (AvgIpc) is 3.41. The third kappa shape index (κ3) is 8.41. The lowest BCUT2D eigenvalue weighted by atomic mass is 9.93. The van der Waals surface area contributed by atoms with E-state index in [1.165, 1.54) is 24.4 Å². The SMILES string of the molecule is Cc1cc(S(=O)(=O)NC2CCCC(Nc3cccc4c3C(=O)N(C3CCC(=O)NC3=O)C4=O)CCC2)ccc1Nc1ncc(Br)c(Nc2cccc(F)c2C(N)=O)n1. The topological polar surface area (TPSA) is 235 Å². The van der Waals surface area contributed by atoms with Crippen molar-refractivity contribution < 1.29 is 36.8 Å². The van der Waals surface area contributed by atoms with Crippen LogP contribution >= 0.6 is 15.9 Å². The molecule has 1 unspecified atom stereocenters. The zero-order valence-corrected chi connectivity index (χ0v) is 33.5. The van der Waals surface area contributed by atoms with Gasteiger partial charge >= 0.3 is 0 Å². The van der Waals surface area contributed by atoms with E-state index in [0.717, 1.165) is 11.0 Å². The first-order valence-electron chi connectivity index (χ1n) is 18.6. The van der Waals surface area contributed by atoms with E-state index >= 15 is 0 Å². The first-order valence-corrected chi connectivity index (χ1v) is 20.9. The van der Waals surface area contributed by atoms with Crippen molar-refractivity contribution in [1.82, 2.24) is 24.9 Å². The van der Waals surface area contributed by atoms with Crippen molar-refractivity contribution >= 4 is 84.3 Å². The highest BCUT2D eigenvalue weighted by molar-refractivity contribution is 9.10. The van der Waals surface area contributed by atoms with Crippen LogP contribution in [-0.4, -0.2) is 70.9 Å². The number of benzene rings is 3. The number of nitrogens with two attached hydrogens (primary N) is 1. The standard InChI is InChI=1S/C39H39BrFN9O7S/c1-20-18-23(14-15-27(20)46-39-43-19-25(40)35(48-39)45-29-13-5-11-26(41)33(29)34(42)52)58(56,57)49-22-8-2-6-21(7-3-9-22)44-28-12-4-10-24-32(28)38(55)50(37(24)54)30-16-17-31(51)47-36(30)53/h4-5,10-15,18-19,21-22,30,44,49H,2-3,6-9,16-17H2,1H3,(H2,42,52)(H,47,51,53)(H2,43,45,46,48). The number of fused-ring (bicyclic) bond motifs is 1. The van der Waals surface area contributed by atoms with E-state index < -0.39 is 51.4 Å². The highest BCUT2D eigenvalue weighted by atomic mass is 79.9. The van der Waals surface area contributed by atoms with E-state index in [9.17, 15) is 36.8 Å². The number of hydrogen-bond acceptors (Lipinski definition) is 12. The van der Waals surface area contributed by atoms with E-state index in [2.05, 4.69) is 51.9 Å². The summed E-state index contributed by atoms with van der Waals surface area (Å²) in [6.07, 6.45) is 5.46. The maximum atomic E-state index is 14.3. The molecule has 3 aromatic carbocycles. The number of rotatable bonds is 11. The Morgan fingerprint density at radius 3 is 2.33 bits per heavy atom. The van der Waals surface area contributed by atoms with Crippen LogP contribution in [0.5, 0.6) is 0 Å². The summed E-state index contributed by atoms with van der Waals surface area (Å²) in [4.78, 5) is 72.6. The lowest BCUT2D eigenvalue weighted by molar-refractivity contribution is -0.136. The Balaban J connectivity index is 0.957. The van der Waals surface area contributed by atoms with Crippen LogP contribution in [0.4, 0.5) is 33.2 Å². The number of nitrogens with one attached hydrogen (secondary N) is 5. The molecule has 7 rings (SSSR count). The number of nitrogens with zero attached hydrogens (tertiary/aromatic N) is 3. The van der Waals surface area contributed by atoms with Gasteiger partial charge in [0.1, 0.15) is 17.7 Å². The summed E-state index contributed by atoms with van der Waals surface area (Å²) in [5.74, 6) is -3.62. The number of piperidine rings is 1. The molecule has 1 aromatic heterocycles. The fourth-order valence-corrected chi connectivity index (χ4v) is 9.18. The number of carbonyl (C=O) groups excluding carboxylic acids is 5. The Kier molecular flexibility index (Phi) is 11.6. The van der Waals surface area contributed by atoms with Crippen LogP contribution in [0.3, 0.4) is 0 Å². The fraction of sp³-hybridized carbons (Fsp3) is 0.308. The molecule has 1 saturated carbocycles. The highest BCUT2D eigenvalue weighted by Gasteiger charge is 2.45. The molecule has 0 bridgehead atoms. The number of hydrogen-bond donors (Lipinski definition) is 6. The minimum Gasteiger partial charge on any atom is -0.382 e. The van der Waals surface area contributed by atoms with Crippen LogP contribution in [0.2, 0.25) is 0 Å². The van der Waals surface area contributed by atoms with Crippen molar-refractivity contribution in [3.05, 3.63) is 93.3 Å². The lowest BCUT2D eigenvalue weighted by Crippen LogP contribution is -2.54. The molecule has 0 spiro atoms. The molecule has 2 aliphatic heterocycles. The van der Waals surface area contributed by atoms with Gasteiger partial charge in [-0.25, -0.2) is 22.5 Å². The maximum Gasteiger partial charge on any atom is 0.264 e. The molecule has 2 fully saturated rings. The third-order valence-corrected chi connectivity index (χ3v) is 12.5. The minimum atomic E-state index is -3.89. The number of sulfonamides is 1. The van der Waals surface area contributed by atoms with Crippen LogP contribution < -0.4 is 31.7 Å². The molecule has 19 heteroatoms. The van der Waals surface area contributed by atoms with Crippen LogP contribution in [0.15, 0.2) is 70.2 Å². The normalized spacial score (nSPS) is 19.8. The summed E-state index contributed by atoms with van der Waals surface area (Å²) in [5.41, 5.74) is 7.21. The first kappa shape index (κ1) is 40.4. The smallest absolute Gasteiger partial charge is 0.264 e. The predicted molar refractivity (Wildman–Crippen MR) is 215 cm³/mol. The zero-order chi connectivity index (χ0) is 41.3. The number of aryl methyl sites for hydroxylation is 1. The number of imide groups is 2. The van der Waals surface area contributed by atoms with Crippen molar-refractivity contribution in [2.45, 2.75) is 81.3 Å². The summed E-state index contributed by atoms with van der Waals surface area (Å²) in [6.45, 7) is 1.74. The number of halogens is 2. The largest absolute Gasteiger partial charge is 0.382 e. The second kappa shape index (κ2) is 16.6. The number of anilines is 5. The Hall–Kier alpha value is -5.79. The van der Waals surface area contributed by atoms with Gasteiger partial charge in [-0.2, -0.15) is 4.98 Å². The van der Waals surface area contributed by atoms with Gasteiger partial charge in [0.25, 0.3) is 17.7 Å². The third-order valence-electron chi connectivity index (χ3n) is 10.4. The van der Waals surface area contributed by atoms with Crippen LogP contribution in [0.1, 0.15) is 88.0 Å². The van der Waals surface area contributed by atoms with Gasteiger partial charge < -0.3 is 21.7 Å². The van der Waals surface area contributed by atoms with Gasteiger partial charge in [0.05, 0.1) is 31.7 Å². The maximum absolute atomic E-state index is 14.3. The predicted octanol–water partition coefficient (Wildman–Crippen LogP) is 5.16. The van der Waals surface area contributed by atoms with E-state index in [1.807, 2.05) is 0 Å². The van der Waals surface area contributed by atoms with Gasteiger partial charge in [-0.1, -0.05) is 12.1 Å². The molecule has 4 aromatic rings. The van der Waals surface area contributed by atoms with Gasteiger partial charge in [0.15, 0.2) is 0 Å². The van der Waals surface area contributed by atoms with Gasteiger partial charge in [0.2, 0.25) is 27.8 Å². The molecule has 1 atom stereocenters. The number of aromatic nitrogens is 2. The molecular weight excluding hydrogens is 837 g/mol. The molecule has 3 heterocycles. The van der Waals surface area contributed by atoms with Crippen molar-refractivity contribution in [2.75, 3.05) is 16.0 Å². The second-order valence-electron chi connectivity index (χ2n) is 14.3. The van der Waals surface area contributed by atoms with Crippen LogP contribution in [0, 0.1) is 12.7 Å². The molecular formula is C39H39BrFN9O7S. The molecule has 7 N–H and O–H groups in total. The second-order valence-corrected chi connectivity index (χ2v) is 16.9. The Labute approximate surface area is 341 Å². The van der Waals surface area contributed by atoms with Gasteiger partial charge in [-0.15, -0.1) is 0 Å². The molecule has 1 saturated heterocycles. The van der Waals surface area contributed by atoms with Gasteiger partial charge in [-0.3, -0.25) is 34.2 Å². The summed E-state index contributed by atoms with van der Waals surface area (Å²) in [7, 11) is -3.89. The Morgan fingerprint density at radius 1 is 0.914 bits per heavy atom. The number of amides is 5. The fourth-order valence-electron chi connectivity index (χ4n) is 7.50. The van der Waals surface area contributed by atoms with E-state index in [1.54, 1.807) is 37.3 Å². The summed E-state index contributed by atoms with van der Waals surface area (Å²) >= 11 is 3.35. The minimum absolute atomic E-state index is 0.0336. The zero-order valence-electron chi connectivity index (χ0n) is 31.1. The van der Waals surface area contributed by atoms with Crippen molar-refractivity contribution in [3.8, 4) is 0 Å². The van der Waals surface area contributed by atoms with E-state index in [-0.39, 0.29) is 64.0 Å². The molecule has 0 radical (unpaired) electrons. The van der Waals surface area contributed by atoms with Crippen molar-refractivity contribution in [1.29, 1.82) is 0 Å². The van der Waals surface area contributed by atoms with Gasteiger partial charge in [-0.05, 0) is 116 Å². The molecule has 16 nitrogen and oxygen atoms in total. The molecule has 58 heavy (non-hydrogen) atoms. The molecule has 3 aliphatic rings. The van der Waals surface area contributed by atoms with Crippen LogP contribution in [0.25, 0.3) is 0 Å². The highest BCUT2D eigenvalue weighted by Crippen LogP contribution is 2.34. The summed E-state index contributed by atoms with van der Waals surface area (Å²) < 4.78 is 44.8. The number of carbonyl (C=O) groups is 5. The number of primary amides is 1. The average molecular weight is 877 g/mol. The quantitative estimate of drug-likeness (QED) is 0.107. The Morgan fingerprint density at radius 2 is 1.62 bits per heavy atom. The van der Waals surface area contributed by atoms with Crippen molar-refractivity contribution in [3.63, 3.8) is 0 Å². The summed E-state index contributed by atoms with van der Waals surface area (Å²) in [5, 5.41) is 11.6. The molecule has 1 aliphatic carbocycles. The van der Waals surface area contributed by atoms with Gasteiger partial charge in [0, 0.05) is 36.1 Å².